The number of rotatable bonds is 2. The normalized spacial score (nSPS) is 11.3. The molecule has 27 heavy (non-hydrogen) atoms. The molecular formula is C18H11ClF3N3O2. The van der Waals surface area contributed by atoms with Gasteiger partial charge >= 0.3 is 18.0 Å². The van der Waals surface area contributed by atoms with Crippen LogP contribution in [0.5, 0.6) is 0 Å². The van der Waals surface area contributed by atoms with Gasteiger partial charge in [0.05, 0.1) is 22.5 Å². The molecule has 2 aromatic carbocycles. The summed E-state index contributed by atoms with van der Waals surface area (Å²) in [5.74, 6) is -2.38. The number of nitrogens with zero attached hydrogens (tertiary/aromatic N) is 1. The predicted molar refractivity (Wildman–Crippen MR) is 95.5 cm³/mol. The van der Waals surface area contributed by atoms with Gasteiger partial charge in [-0.15, -0.1) is 0 Å². The van der Waals surface area contributed by atoms with Crippen LogP contribution in [-0.4, -0.2) is 16.8 Å². The Hall–Kier alpha value is -3.13. The van der Waals surface area contributed by atoms with Crippen molar-refractivity contribution in [1.82, 2.24) is 4.98 Å². The van der Waals surface area contributed by atoms with E-state index in [0.29, 0.717) is 11.6 Å². The molecule has 3 aromatic rings. The number of anilines is 2. The molecule has 0 unspecified atom stereocenters. The van der Waals surface area contributed by atoms with Gasteiger partial charge in [-0.3, -0.25) is 14.6 Å². The third kappa shape index (κ3) is 4.17. The van der Waals surface area contributed by atoms with Gasteiger partial charge in [-0.2, -0.15) is 13.2 Å². The van der Waals surface area contributed by atoms with Crippen molar-refractivity contribution in [3.63, 3.8) is 0 Å². The lowest BCUT2D eigenvalue weighted by molar-refractivity contribution is -0.137. The second kappa shape index (κ2) is 7.24. The number of halogens is 4. The van der Waals surface area contributed by atoms with Crippen LogP contribution >= 0.6 is 11.6 Å². The van der Waals surface area contributed by atoms with Crippen LogP contribution in [0.15, 0.2) is 54.7 Å². The molecule has 0 spiro atoms. The first-order valence-corrected chi connectivity index (χ1v) is 7.96. The summed E-state index contributed by atoms with van der Waals surface area (Å²) in [5, 5.41) is 4.90. The molecule has 138 valence electrons. The van der Waals surface area contributed by atoms with Crippen molar-refractivity contribution in [3.8, 4) is 0 Å². The van der Waals surface area contributed by atoms with Gasteiger partial charge in [0.25, 0.3) is 0 Å². The number of amides is 2. The monoisotopic (exact) mass is 393 g/mol. The quantitative estimate of drug-likeness (QED) is 0.630. The topological polar surface area (TPSA) is 71.1 Å². The highest BCUT2D eigenvalue weighted by molar-refractivity contribution is 6.44. The van der Waals surface area contributed by atoms with Gasteiger partial charge in [0.1, 0.15) is 0 Å². The molecule has 0 saturated carbocycles. The first-order chi connectivity index (χ1) is 12.8. The maximum absolute atomic E-state index is 13.1. The van der Waals surface area contributed by atoms with E-state index in [2.05, 4.69) is 10.3 Å². The minimum atomic E-state index is -4.75. The van der Waals surface area contributed by atoms with E-state index in [9.17, 15) is 22.8 Å². The lowest BCUT2D eigenvalue weighted by Gasteiger charge is -2.14. The van der Waals surface area contributed by atoms with Crippen molar-refractivity contribution in [1.29, 1.82) is 0 Å². The second-order valence-electron chi connectivity index (χ2n) is 5.48. The number of pyridine rings is 1. The number of para-hydroxylation sites is 1. The number of carbonyl (C=O) groups excluding carboxylic acids is 2. The minimum Gasteiger partial charge on any atom is -0.317 e. The van der Waals surface area contributed by atoms with E-state index in [-0.39, 0.29) is 10.7 Å². The highest BCUT2D eigenvalue weighted by atomic mass is 35.5. The molecule has 0 aliphatic rings. The third-order valence-corrected chi connectivity index (χ3v) is 3.86. The van der Waals surface area contributed by atoms with E-state index in [0.717, 1.165) is 11.5 Å². The zero-order valence-electron chi connectivity index (χ0n) is 13.5. The van der Waals surface area contributed by atoms with Gasteiger partial charge in [0.15, 0.2) is 0 Å². The minimum absolute atomic E-state index is 0.147. The molecule has 3 rings (SSSR count). The number of alkyl halides is 3. The molecule has 0 aliphatic heterocycles. The molecule has 2 amide bonds. The summed E-state index contributed by atoms with van der Waals surface area (Å²) < 4.78 is 39.2. The van der Waals surface area contributed by atoms with Crippen molar-refractivity contribution < 1.29 is 22.8 Å². The summed E-state index contributed by atoms with van der Waals surface area (Å²) in [6, 6.07) is 11.3. The fourth-order valence-electron chi connectivity index (χ4n) is 2.42. The predicted octanol–water partition coefficient (Wildman–Crippen LogP) is 4.48. The molecule has 2 N–H and O–H groups in total. The van der Waals surface area contributed by atoms with E-state index in [4.69, 9.17) is 11.6 Å². The van der Waals surface area contributed by atoms with Crippen LogP contribution in [-0.2, 0) is 15.8 Å². The summed E-state index contributed by atoms with van der Waals surface area (Å²) in [4.78, 5) is 28.3. The summed E-state index contributed by atoms with van der Waals surface area (Å²) in [5.41, 5.74) is -1.00. The lowest BCUT2D eigenvalue weighted by atomic mass is 10.1. The Labute approximate surface area is 156 Å². The third-order valence-electron chi connectivity index (χ3n) is 3.62. The summed E-state index contributed by atoms with van der Waals surface area (Å²) >= 11 is 5.59. The summed E-state index contributed by atoms with van der Waals surface area (Å²) in [6.07, 6.45) is -3.23. The zero-order valence-corrected chi connectivity index (χ0v) is 14.2. The fourth-order valence-corrected chi connectivity index (χ4v) is 2.60. The Morgan fingerprint density at radius 2 is 1.59 bits per heavy atom. The van der Waals surface area contributed by atoms with Gasteiger partial charge in [-0.1, -0.05) is 29.8 Å². The number of hydrogen-bond acceptors (Lipinski definition) is 3. The Morgan fingerprint density at radius 1 is 0.926 bits per heavy atom. The largest absolute Gasteiger partial charge is 0.418 e. The average Bonchev–Trinajstić information content (AvgIpc) is 2.62. The Kier molecular flexibility index (Phi) is 5.00. The Balaban J connectivity index is 1.82. The number of carbonyl (C=O) groups is 2. The SMILES string of the molecule is O=C(Nc1ccc(Cl)cc1C(F)(F)F)C(=O)Nc1cccc2cccnc12. The molecule has 0 aliphatic carbocycles. The second-order valence-corrected chi connectivity index (χ2v) is 5.91. The lowest BCUT2D eigenvalue weighted by Crippen LogP contribution is -2.30. The molecule has 0 radical (unpaired) electrons. The van der Waals surface area contributed by atoms with E-state index in [1.54, 1.807) is 24.3 Å². The fraction of sp³-hybridized carbons (Fsp3) is 0.0556. The van der Waals surface area contributed by atoms with Crippen LogP contribution in [0.4, 0.5) is 24.5 Å². The van der Waals surface area contributed by atoms with Crippen LogP contribution in [0.25, 0.3) is 10.9 Å². The highest BCUT2D eigenvalue weighted by Crippen LogP contribution is 2.36. The molecule has 0 atom stereocenters. The first kappa shape index (κ1) is 18.7. The van der Waals surface area contributed by atoms with Crippen molar-refractivity contribution >= 4 is 45.7 Å². The highest BCUT2D eigenvalue weighted by Gasteiger charge is 2.34. The van der Waals surface area contributed by atoms with Crippen LogP contribution in [0.2, 0.25) is 5.02 Å². The molecular weight excluding hydrogens is 383 g/mol. The van der Waals surface area contributed by atoms with Gasteiger partial charge < -0.3 is 10.6 Å². The van der Waals surface area contributed by atoms with E-state index < -0.39 is 29.2 Å². The van der Waals surface area contributed by atoms with Gasteiger partial charge in [0.2, 0.25) is 0 Å². The Bertz CT molecular complexity index is 1030. The number of fused-ring (bicyclic) bond motifs is 1. The van der Waals surface area contributed by atoms with Crippen LogP contribution < -0.4 is 10.6 Å². The standard InChI is InChI=1S/C18H11ClF3N3O2/c19-11-6-7-13(12(9-11)18(20,21)22)24-16(26)17(27)25-14-5-1-3-10-4-2-8-23-15(10)14/h1-9H,(H,24,26)(H,25,27). The van der Waals surface area contributed by atoms with Crippen LogP contribution in [0.1, 0.15) is 5.56 Å². The molecule has 9 heteroatoms. The summed E-state index contributed by atoms with van der Waals surface area (Å²) in [7, 11) is 0. The smallest absolute Gasteiger partial charge is 0.317 e. The molecule has 0 bridgehead atoms. The van der Waals surface area contributed by atoms with Crippen LogP contribution in [0.3, 0.4) is 0 Å². The van der Waals surface area contributed by atoms with Gasteiger partial charge in [0, 0.05) is 16.6 Å². The Morgan fingerprint density at radius 3 is 2.30 bits per heavy atom. The molecule has 1 heterocycles. The molecule has 0 fully saturated rings. The number of nitrogens with one attached hydrogen (secondary N) is 2. The zero-order chi connectivity index (χ0) is 19.6. The number of benzene rings is 2. The average molecular weight is 394 g/mol. The molecule has 1 aromatic heterocycles. The molecule has 5 nitrogen and oxygen atoms in total. The van der Waals surface area contributed by atoms with E-state index >= 15 is 0 Å². The van der Waals surface area contributed by atoms with Crippen LogP contribution in [0, 0.1) is 0 Å². The maximum Gasteiger partial charge on any atom is 0.418 e. The first-order valence-electron chi connectivity index (χ1n) is 7.58. The van der Waals surface area contributed by atoms with Crippen molar-refractivity contribution in [2.24, 2.45) is 0 Å². The van der Waals surface area contributed by atoms with Crippen molar-refractivity contribution in [2.45, 2.75) is 6.18 Å². The molecule has 0 saturated heterocycles. The van der Waals surface area contributed by atoms with E-state index in [1.165, 1.54) is 18.3 Å². The number of aromatic nitrogens is 1. The van der Waals surface area contributed by atoms with Crippen molar-refractivity contribution in [2.75, 3.05) is 10.6 Å². The summed E-state index contributed by atoms with van der Waals surface area (Å²) in [6.45, 7) is 0. The van der Waals surface area contributed by atoms with Gasteiger partial charge in [-0.05, 0) is 30.3 Å². The van der Waals surface area contributed by atoms with Crippen molar-refractivity contribution in [3.05, 3.63) is 65.3 Å². The number of hydrogen-bond donors (Lipinski definition) is 2. The maximum atomic E-state index is 13.1. The van der Waals surface area contributed by atoms with Gasteiger partial charge in [-0.25, -0.2) is 0 Å². The van der Waals surface area contributed by atoms with E-state index in [1.807, 2.05) is 5.32 Å².